The fourth-order valence-electron chi connectivity index (χ4n) is 2.66. The zero-order valence-corrected chi connectivity index (χ0v) is 14.8. The maximum absolute atomic E-state index is 12.9. The van der Waals surface area contributed by atoms with Gasteiger partial charge in [0, 0.05) is 24.9 Å². The molecule has 1 atom stereocenters. The molecular weight excluding hydrogens is 369 g/mol. The van der Waals surface area contributed by atoms with Gasteiger partial charge in [0.25, 0.3) is 0 Å². The maximum atomic E-state index is 12.9. The minimum atomic E-state index is -4.46. The van der Waals surface area contributed by atoms with E-state index in [9.17, 15) is 13.2 Å². The molecule has 0 aliphatic carbocycles. The van der Waals surface area contributed by atoms with Gasteiger partial charge in [-0.2, -0.15) is 18.2 Å². The lowest BCUT2D eigenvalue weighted by molar-refractivity contribution is -0.137. The normalized spacial score (nSPS) is 17.3. The third-order valence-corrected chi connectivity index (χ3v) is 4.26. The Morgan fingerprint density at radius 1 is 1.27 bits per heavy atom. The van der Waals surface area contributed by atoms with E-state index in [2.05, 4.69) is 20.6 Å². The summed E-state index contributed by atoms with van der Waals surface area (Å²) in [5.41, 5.74) is -0.0357. The van der Waals surface area contributed by atoms with Gasteiger partial charge in [0.2, 0.25) is 5.95 Å². The zero-order valence-electron chi connectivity index (χ0n) is 14.0. The van der Waals surface area contributed by atoms with Crippen LogP contribution in [0.1, 0.15) is 24.1 Å². The number of halogens is 4. The lowest BCUT2D eigenvalue weighted by atomic mass is 10.2. The summed E-state index contributed by atoms with van der Waals surface area (Å²) < 4.78 is 44.2. The van der Waals surface area contributed by atoms with Crippen LogP contribution in [0.15, 0.2) is 24.3 Å². The Morgan fingerprint density at radius 3 is 2.77 bits per heavy atom. The Hall–Kier alpha value is -2.06. The lowest BCUT2D eigenvalue weighted by Crippen LogP contribution is -2.19. The molecule has 2 heterocycles. The summed E-state index contributed by atoms with van der Waals surface area (Å²) in [6.45, 7) is 3.15. The molecule has 5 nitrogen and oxygen atoms in total. The predicted molar refractivity (Wildman–Crippen MR) is 94.0 cm³/mol. The summed E-state index contributed by atoms with van der Waals surface area (Å²) >= 11 is 6.01. The summed E-state index contributed by atoms with van der Waals surface area (Å²) in [7, 11) is 0. The van der Waals surface area contributed by atoms with Gasteiger partial charge in [-0.05, 0) is 38.0 Å². The van der Waals surface area contributed by atoms with Crippen LogP contribution in [0.5, 0.6) is 0 Å². The van der Waals surface area contributed by atoms with Crippen molar-refractivity contribution in [3.05, 3.63) is 40.5 Å². The van der Waals surface area contributed by atoms with Crippen LogP contribution in [0.3, 0.4) is 0 Å². The highest BCUT2D eigenvalue weighted by atomic mass is 35.5. The topological polar surface area (TPSA) is 59.1 Å². The predicted octanol–water partition coefficient (Wildman–Crippen LogP) is 4.79. The van der Waals surface area contributed by atoms with E-state index in [4.69, 9.17) is 16.3 Å². The summed E-state index contributed by atoms with van der Waals surface area (Å²) in [6.07, 6.45) is -2.29. The Labute approximate surface area is 153 Å². The van der Waals surface area contributed by atoms with Crippen LogP contribution in [0, 0.1) is 6.92 Å². The maximum Gasteiger partial charge on any atom is 0.416 e. The van der Waals surface area contributed by atoms with E-state index in [0.717, 1.165) is 31.6 Å². The van der Waals surface area contributed by atoms with Crippen molar-refractivity contribution in [2.45, 2.75) is 32.0 Å². The fourth-order valence-corrected chi connectivity index (χ4v) is 2.82. The van der Waals surface area contributed by atoms with E-state index >= 15 is 0 Å². The zero-order chi connectivity index (χ0) is 18.7. The second-order valence-corrected chi connectivity index (χ2v) is 6.46. The molecule has 9 heteroatoms. The molecule has 0 amide bonds. The van der Waals surface area contributed by atoms with Gasteiger partial charge >= 0.3 is 6.18 Å². The van der Waals surface area contributed by atoms with Crippen LogP contribution >= 0.6 is 11.6 Å². The number of alkyl halides is 3. The molecule has 2 N–H and O–H groups in total. The highest BCUT2D eigenvalue weighted by Crippen LogP contribution is 2.34. The highest BCUT2D eigenvalue weighted by molar-refractivity contribution is 6.33. The van der Waals surface area contributed by atoms with E-state index in [0.29, 0.717) is 18.1 Å². The molecule has 1 aromatic carbocycles. The van der Waals surface area contributed by atoms with Crippen LogP contribution in [-0.4, -0.2) is 29.2 Å². The fraction of sp³-hybridized carbons (Fsp3) is 0.412. The minimum absolute atomic E-state index is 0.0946. The van der Waals surface area contributed by atoms with Crippen molar-refractivity contribution in [3.8, 4) is 0 Å². The average Bonchev–Trinajstić information content (AvgIpc) is 3.07. The van der Waals surface area contributed by atoms with Crippen molar-refractivity contribution in [2.24, 2.45) is 0 Å². The van der Waals surface area contributed by atoms with Crippen molar-refractivity contribution < 1.29 is 17.9 Å². The summed E-state index contributed by atoms with van der Waals surface area (Å²) in [5, 5.41) is 6.09. The molecule has 1 unspecified atom stereocenters. The van der Waals surface area contributed by atoms with Crippen molar-refractivity contribution >= 4 is 29.1 Å². The Kier molecular flexibility index (Phi) is 5.52. The van der Waals surface area contributed by atoms with Crippen LogP contribution in [0.4, 0.5) is 30.6 Å². The van der Waals surface area contributed by atoms with E-state index in [1.165, 1.54) is 6.07 Å². The number of hydrogen-bond donors (Lipinski definition) is 2. The summed E-state index contributed by atoms with van der Waals surface area (Å²) in [4.78, 5) is 8.50. The molecule has 3 rings (SSSR count). The number of aromatic nitrogens is 2. The second-order valence-electron chi connectivity index (χ2n) is 6.05. The van der Waals surface area contributed by atoms with Gasteiger partial charge in [0.05, 0.1) is 22.4 Å². The summed E-state index contributed by atoms with van der Waals surface area (Å²) in [5.74, 6) is 0.736. The standard InChI is InChI=1S/C17H18ClF3N4O/c1-10-7-15(22-9-12-3-2-6-26-12)25-16(23-10)24-14-8-11(17(19,20)21)4-5-13(14)18/h4-5,7-8,12H,2-3,6,9H2,1H3,(H2,22,23,24,25). The molecule has 2 aromatic rings. The number of aryl methyl sites for hydroxylation is 1. The molecule has 0 saturated carbocycles. The lowest BCUT2D eigenvalue weighted by Gasteiger charge is -2.14. The Bertz CT molecular complexity index is 779. The van der Waals surface area contributed by atoms with Crippen molar-refractivity contribution in [1.82, 2.24) is 9.97 Å². The Morgan fingerprint density at radius 2 is 2.08 bits per heavy atom. The smallest absolute Gasteiger partial charge is 0.376 e. The quantitative estimate of drug-likeness (QED) is 0.773. The third kappa shape index (κ3) is 4.76. The molecule has 1 fully saturated rings. The van der Waals surface area contributed by atoms with Gasteiger partial charge in [-0.15, -0.1) is 0 Å². The van der Waals surface area contributed by atoms with Gasteiger partial charge < -0.3 is 15.4 Å². The molecule has 140 valence electrons. The third-order valence-electron chi connectivity index (χ3n) is 3.93. The van der Waals surface area contributed by atoms with Gasteiger partial charge in [-0.25, -0.2) is 4.98 Å². The number of benzene rings is 1. The minimum Gasteiger partial charge on any atom is -0.376 e. The first-order valence-corrected chi connectivity index (χ1v) is 8.54. The van der Waals surface area contributed by atoms with Gasteiger partial charge in [0.1, 0.15) is 5.82 Å². The molecule has 1 aliphatic heterocycles. The van der Waals surface area contributed by atoms with Gasteiger partial charge in [0.15, 0.2) is 0 Å². The van der Waals surface area contributed by atoms with Crippen LogP contribution < -0.4 is 10.6 Å². The van der Waals surface area contributed by atoms with E-state index in [1.807, 2.05) is 0 Å². The number of nitrogens with one attached hydrogen (secondary N) is 2. The van der Waals surface area contributed by atoms with Crippen molar-refractivity contribution in [2.75, 3.05) is 23.8 Å². The monoisotopic (exact) mass is 386 g/mol. The molecule has 0 bridgehead atoms. The molecular formula is C17H18ClF3N4O. The molecule has 1 aliphatic rings. The van der Waals surface area contributed by atoms with Crippen LogP contribution in [-0.2, 0) is 10.9 Å². The molecule has 26 heavy (non-hydrogen) atoms. The van der Waals surface area contributed by atoms with E-state index < -0.39 is 11.7 Å². The van der Waals surface area contributed by atoms with Gasteiger partial charge in [-0.3, -0.25) is 0 Å². The van der Waals surface area contributed by atoms with E-state index in [-0.39, 0.29) is 22.8 Å². The molecule has 1 saturated heterocycles. The first-order valence-electron chi connectivity index (χ1n) is 8.16. The summed E-state index contributed by atoms with van der Waals surface area (Å²) in [6, 6.07) is 4.82. The SMILES string of the molecule is Cc1cc(NCC2CCCO2)nc(Nc2cc(C(F)(F)F)ccc2Cl)n1. The van der Waals surface area contributed by atoms with Crippen LogP contribution in [0.25, 0.3) is 0 Å². The largest absolute Gasteiger partial charge is 0.416 e. The number of hydrogen-bond acceptors (Lipinski definition) is 5. The van der Waals surface area contributed by atoms with Crippen LogP contribution in [0.2, 0.25) is 5.02 Å². The van der Waals surface area contributed by atoms with Crippen molar-refractivity contribution in [1.29, 1.82) is 0 Å². The highest BCUT2D eigenvalue weighted by Gasteiger charge is 2.31. The second kappa shape index (κ2) is 7.67. The van der Waals surface area contributed by atoms with Gasteiger partial charge in [-0.1, -0.05) is 11.6 Å². The molecule has 1 aromatic heterocycles. The first kappa shape index (κ1) is 18.7. The van der Waals surface area contributed by atoms with Crippen molar-refractivity contribution in [3.63, 3.8) is 0 Å². The number of rotatable bonds is 5. The average molecular weight is 387 g/mol. The molecule has 0 spiro atoms. The number of anilines is 3. The Balaban J connectivity index is 1.77. The number of nitrogens with zero attached hydrogens (tertiary/aromatic N) is 2. The van der Waals surface area contributed by atoms with E-state index in [1.54, 1.807) is 13.0 Å². The number of ether oxygens (including phenoxy) is 1. The first-order chi connectivity index (χ1) is 12.3. The molecule has 0 radical (unpaired) electrons.